The Morgan fingerprint density at radius 2 is 2.35 bits per heavy atom. The van der Waals surface area contributed by atoms with Crippen molar-refractivity contribution in [2.24, 2.45) is 0 Å². The first-order chi connectivity index (χ1) is 8.17. The van der Waals surface area contributed by atoms with E-state index in [4.69, 9.17) is 5.26 Å². The molecule has 90 valence electrons. The van der Waals surface area contributed by atoms with Crippen molar-refractivity contribution in [3.63, 3.8) is 0 Å². The molecule has 0 saturated carbocycles. The topological polar surface area (TPSA) is 62.1 Å². The predicted molar refractivity (Wildman–Crippen MR) is 60.9 cm³/mol. The second-order valence-electron chi connectivity index (χ2n) is 3.41. The Morgan fingerprint density at radius 1 is 1.59 bits per heavy atom. The first-order valence-electron chi connectivity index (χ1n) is 5.17. The van der Waals surface area contributed by atoms with Crippen molar-refractivity contribution in [2.45, 2.75) is 12.8 Å². The minimum Gasteiger partial charge on any atom is -0.469 e. The lowest BCUT2D eigenvalue weighted by Crippen LogP contribution is -2.06. The average Bonchev–Trinajstić information content (AvgIpc) is 2.36. The van der Waals surface area contributed by atoms with Gasteiger partial charge in [-0.25, -0.2) is 4.39 Å². The second kappa shape index (κ2) is 6.48. The van der Waals surface area contributed by atoms with E-state index in [2.05, 4.69) is 10.1 Å². The molecule has 0 bridgehead atoms. The van der Waals surface area contributed by atoms with Crippen molar-refractivity contribution < 1.29 is 13.9 Å². The molecule has 0 spiro atoms. The van der Waals surface area contributed by atoms with Gasteiger partial charge in [-0.1, -0.05) is 0 Å². The number of halogens is 1. The summed E-state index contributed by atoms with van der Waals surface area (Å²) >= 11 is 0. The van der Waals surface area contributed by atoms with E-state index in [9.17, 15) is 9.18 Å². The van der Waals surface area contributed by atoms with Gasteiger partial charge in [0.2, 0.25) is 0 Å². The van der Waals surface area contributed by atoms with Gasteiger partial charge in [0.1, 0.15) is 11.9 Å². The third kappa shape index (κ3) is 4.11. The summed E-state index contributed by atoms with van der Waals surface area (Å²) in [6.45, 7) is 0.561. The summed E-state index contributed by atoms with van der Waals surface area (Å²) in [5.41, 5.74) is 0.663. The lowest BCUT2D eigenvalue weighted by atomic mass is 10.2. The molecule has 0 aliphatic heterocycles. The standard InChI is InChI=1S/C12H13FN2O2/c1-17-12(16)3-2-6-15-10-4-5-11(13)9(7-10)8-14/h4-5,7,15H,2-3,6H2,1H3. The summed E-state index contributed by atoms with van der Waals surface area (Å²) in [4.78, 5) is 10.8. The highest BCUT2D eigenvalue weighted by Gasteiger charge is 2.03. The highest BCUT2D eigenvalue weighted by molar-refractivity contribution is 5.69. The monoisotopic (exact) mass is 236 g/mol. The number of hydrogen-bond acceptors (Lipinski definition) is 4. The third-order valence-corrected chi connectivity index (χ3v) is 2.20. The number of methoxy groups -OCH3 is 1. The second-order valence-corrected chi connectivity index (χ2v) is 3.41. The van der Waals surface area contributed by atoms with Crippen LogP contribution in [0.3, 0.4) is 0 Å². The van der Waals surface area contributed by atoms with Crippen LogP contribution in [0.25, 0.3) is 0 Å². The van der Waals surface area contributed by atoms with Crippen molar-refractivity contribution in [2.75, 3.05) is 19.0 Å². The van der Waals surface area contributed by atoms with Crippen molar-refractivity contribution in [3.8, 4) is 6.07 Å². The Hall–Kier alpha value is -2.09. The van der Waals surface area contributed by atoms with Gasteiger partial charge in [-0.2, -0.15) is 5.26 Å². The number of benzene rings is 1. The zero-order valence-electron chi connectivity index (χ0n) is 9.50. The fourth-order valence-corrected chi connectivity index (χ4v) is 1.29. The molecule has 1 aromatic carbocycles. The van der Waals surface area contributed by atoms with Gasteiger partial charge < -0.3 is 10.1 Å². The number of nitrogens with zero attached hydrogens (tertiary/aromatic N) is 1. The molecular weight excluding hydrogens is 223 g/mol. The molecule has 1 aromatic rings. The molecule has 0 saturated heterocycles. The Morgan fingerprint density at radius 3 is 3.00 bits per heavy atom. The summed E-state index contributed by atoms with van der Waals surface area (Å²) in [6, 6.07) is 5.99. The molecule has 17 heavy (non-hydrogen) atoms. The van der Waals surface area contributed by atoms with Gasteiger partial charge in [0.05, 0.1) is 12.7 Å². The quantitative estimate of drug-likeness (QED) is 0.628. The van der Waals surface area contributed by atoms with Crippen LogP contribution in [0.5, 0.6) is 0 Å². The van der Waals surface area contributed by atoms with Crippen LogP contribution in [-0.4, -0.2) is 19.6 Å². The van der Waals surface area contributed by atoms with Gasteiger partial charge in [0, 0.05) is 18.7 Å². The van der Waals surface area contributed by atoms with Crippen LogP contribution in [0.4, 0.5) is 10.1 Å². The van der Waals surface area contributed by atoms with Gasteiger partial charge in [-0.15, -0.1) is 0 Å². The van der Waals surface area contributed by atoms with Gasteiger partial charge in [-0.3, -0.25) is 4.79 Å². The van der Waals surface area contributed by atoms with E-state index in [0.29, 0.717) is 25.1 Å². The van der Waals surface area contributed by atoms with Crippen LogP contribution < -0.4 is 5.32 Å². The number of rotatable bonds is 5. The first-order valence-corrected chi connectivity index (χ1v) is 5.17. The summed E-state index contributed by atoms with van der Waals surface area (Å²) in [5.74, 6) is -0.795. The predicted octanol–water partition coefficient (Wildman–Crippen LogP) is 2.06. The molecule has 0 fully saturated rings. The molecule has 1 rings (SSSR count). The maximum atomic E-state index is 13.0. The fraction of sp³-hybridized carbons (Fsp3) is 0.333. The number of ether oxygens (including phenoxy) is 1. The van der Waals surface area contributed by atoms with Gasteiger partial charge in [0.15, 0.2) is 0 Å². The number of anilines is 1. The lowest BCUT2D eigenvalue weighted by Gasteiger charge is -2.06. The molecular formula is C12H13FN2O2. The largest absolute Gasteiger partial charge is 0.469 e. The van der Waals surface area contributed by atoms with Crippen LogP contribution in [-0.2, 0) is 9.53 Å². The first kappa shape index (κ1) is 13.0. The van der Waals surface area contributed by atoms with E-state index in [-0.39, 0.29) is 11.5 Å². The molecule has 0 aliphatic rings. The number of hydrogen-bond donors (Lipinski definition) is 1. The Labute approximate surface area is 99.0 Å². The summed E-state index contributed by atoms with van der Waals surface area (Å²) in [6.07, 6.45) is 0.946. The molecule has 0 unspecified atom stereocenters. The molecule has 0 heterocycles. The summed E-state index contributed by atoms with van der Waals surface area (Å²) < 4.78 is 17.5. The molecule has 5 heteroatoms. The molecule has 0 amide bonds. The Bertz CT molecular complexity index is 441. The van der Waals surface area contributed by atoms with Crippen molar-refractivity contribution >= 4 is 11.7 Å². The molecule has 0 aromatic heterocycles. The van der Waals surface area contributed by atoms with Crippen LogP contribution in [0.1, 0.15) is 18.4 Å². The molecule has 1 N–H and O–H groups in total. The minimum absolute atomic E-state index is 0.00275. The maximum absolute atomic E-state index is 13.0. The van der Waals surface area contributed by atoms with Crippen LogP contribution in [0, 0.1) is 17.1 Å². The normalized spacial score (nSPS) is 9.47. The van der Waals surface area contributed by atoms with Gasteiger partial charge in [-0.05, 0) is 24.6 Å². The Balaban J connectivity index is 2.42. The van der Waals surface area contributed by atoms with Crippen molar-refractivity contribution in [1.82, 2.24) is 0 Å². The summed E-state index contributed by atoms with van der Waals surface area (Å²) in [7, 11) is 1.34. The smallest absolute Gasteiger partial charge is 0.305 e. The SMILES string of the molecule is COC(=O)CCCNc1ccc(F)c(C#N)c1. The Kier molecular flexibility index (Phi) is 4.95. The molecule has 4 nitrogen and oxygen atoms in total. The number of nitriles is 1. The van der Waals surface area contributed by atoms with Crippen LogP contribution >= 0.6 is 0 Å². The van der Waals surface area contributed by atoms with E-state index >= 15 is 0 Å². The maximum Gasteiger partial charge on any atom is 0.305 e. The number of carbonyl (C=O) groups is 1. The van der Waals surface area contributed by atoms with Gasteiger partial charge >= 0.3 is 5.97 Å². The van der Waals surface area contributed by atoms with Gasteiger partial charge in [0.25, 0.3) is 0 Å². The van der Waals surface area contributed by atoms with E-state index in [0.717, 1.165) is 0 Å². The highest BCUT2D eigenvalue weighted by Crippen LogP contribution is 2.13. The van der Waals surface area contributed by atoms with Crippen molar-refractivity contribution in [3.05, 3.63) is 29.6 Å². The molecule has 0 atom stereocenters. The zero-order valence-corrected chi connectivity index (χ0v) is 9.50. The lowest BCUT2D eigenvalue weighted by molar-refractivity contribution is -0.140. The van der Waals surface area contributed by atoms with E-state index in [1.165, 1.54) is 19.2 Å². The highest BCUT2D eigenvalue weighted by atomic mass is 19.1. The third-order valence-electron chi connectivity index (χ3n) is 2.20. The number of esters is 1. The number of nitrogens with one attached hydrogen (secondary N) is 1. The van der Waals surface area contributed by atoms with E-state index in [1.807, 2.05) is 0 Å². The zero-order chi connectivity index (χ0) is 12.7. The van der Waals surface area contributed by atoms with E-state index < -0.39 is 5.82 Å². The van der Waals surface area contributed by atoms with E-state index in [1.54, 1.807) is 12.1 Å². The van der Waals surface area contributed by atoms with Crippen LogP contribution in [0.2, 0.25) is 0 Å². The average molecular weight is 236 g/mol. The molecule has 0 aliphatic carbocycles. The minimum atomic E-state index is -0.535. The van der Waals surface area contributed by atoms with Crippen LogP contribution in [0.15, 0.2) is 18.2 Å². The number of carbonyl (C=O) groups excluding carboxylic acids is 1. The fourth-order valence-electron chi connectivity index (χ4n) is 1.29. The van der Waals surface area contributed by atoms with Crippen molar-refractivity contribution in [1.29, 1.82) is 5.26 Å². The molecule has 0 radical (unpaired) electrons. The summed E-state index contributed by atoms with van der Waals surface area (Å²) in [5, 5.41) is 11.6.